The summed E-state index contributed by atoms with van der Waals surface area (Å²) in [4.78, 5) is 29.6. The van der Waals surface area contributed by atoms with Crippen molar-refractivity contribution in [3.63, 3.8) is 0 Å². The summed E-state index contributed by atoms with van der Waals surface area (Å²) in [5, 5.41) is 10.4. The minimum atomic E-state index is -2.87. The van der Waals surface area contributed by atoms with E-state index in [0.717, 1.165) is 16.9 Å². The molecule has 3 aliphatic rings. The van der Waals surface area contributed by atoms with Crippen LogP contribution in [0.1, 0.15) is 40.2 Å². The smallest absolute Gasteiger partial charge is 0.345 e. The Morgan fingerprint density at radius 2 is 2.12 bits per heavy atom. The minimum absolute atomic E-state index is 0.0104. The van der Waals surface area contributed by atoms with E-state index >= 15 is 0 Å². The molecule has 0 saturated heterocycles. The van der Waals surface area contributed by atoms with E-state index in [4.69, 9.17) is 0 Å². The number of fused-ring (bicyclic) bond motifs is 2. The minimum Gasteiger partial charge on any atom is -0.373 e. The molecule has 0 spiro atoms. The second-order valence-corrected chi connectivity index (χ2v) is 8.75. The van der Waals surface area contributed by atoms with Crippen LogP contribution in [0.25, 0.3) is 0 Å². The summed E-state index contributed by atoms with van der Waals surface area (Å²) >= 11 is 0. The van der Waals surface area contributed by atoms with E-state index in [2.05, 4.69) is 20.3 Å². The van der Waals surface area contributed by atoms with Gasteiger partial charge in [-0.25, -0.2) is 0 Å². The van der Waals surface area contributed by atoms with E-state index in [9.17, 15) is 18.4 Å². The molecule has 10 heteroatoms. The van der Waals surface area contributed by atoms with Crippen molar-refractivity contribution < 1.29 is 23.1 Å². The van der Waals surface area contributed by atoms with Crippen LogP contribution in [0.2, 0.25) is 0 Å². The molecule has 1 aromatic heterocycles. The highest BCUT2D eigenvalue weighted by Crippen LogP contribution is 2.42. The van der Waals surface area contributed by atoms with Crippen LogP contribution in [0, 0.1) is 0 Å². The Hall–Kier alpha value is -3.01. The number of carbonyl (C=O) groups is 2. The third-order valence-electron chi connectivity index (χ3n) is 6.84. The first-order valence-electron chi connectivity index (χ1n) is 10.8. The quantitative estimate of drug-likeness (QED) is 0.711. The zero-order valence-electron chi connectivity index (χ0n) is 17.7. The highest BCUT2D eigenvalue weighted by atomic mass is 19.3. The molecule has 8 nitrogen and oxygen atoms in total. The van der Waals surface area contributed by atoms with E-state index in [0.29, 0.717) is 43.5 Å². The highest BCUT2D eigenvalue weighted by Gasteiger charge is 2.50. The van der Waals surface area contributed by atoms with Crippen molar-refractivity contribution >= 4 is 17.5 Å². The van der Waals surface area contributed by atoms with E-state index in [1.54, 1.807) is 11.9 Å². The van der Waals surface area contributed by atoms with E-state index < -0.39 is 12.2 Å². The Balaban J connectivity index is 1.29. The van der Waals surface area contributed by atoms with Crippen molar-refractivity contribution in [2.45, 2.75) is 50.4 Å². The van der Waals surface area contributed by atoms with Gasteiger partial charge in [0.2, 0.25) is 5.91 Å². The Bertz CT molecular complexity index is 1030. The van der Waals surface area contributed by atoms with Gasteiger partial charge in [-0.05, 0) is 24.5 Å². The molecule has 1 atom stereocenters. The van der Waals surface area contributed by atoms with Crippen LogP contribution in [0.3, 0.4) is 0 Å². The number of aromatic amines is 1. The fourth-order valence-electron chi connectivity index (χ4n) is 4.64. The molecular weight excluding hydrogens is 420 g/mol. The average Bonchev–Trinajstić information content (AvgIpc) is 3.27. The molecule has 2 N–H and O–H groups in total. The topological polar surface area (TPSA) is 90.6 Å². The summed E-state index contributed by atoms with van der Waals surface area (Å²) in [5.74, 6) is -0.335. The Morgan fingerprint density at radius 3 is 2.84 bits per heavy atom. The van der Waals surface area contributed by atoms with Gasteiger partial charge in [-0.3, -0.25) is 14.7 Å². The lowest BCUT2D eigenvalue weighted by Crippen LogP contribution is -2.45. The lowest BCUT2D eigenvalue weighted by molar-refractivity contribution is -0.141. The summed E-state index contributed by atoms with van der Waals surface area (Å²) in [5.41, 5.74) is 3.15. The molecule has 1 aliphatic carbocycles. The molecule has 32 heavy (non-hydrogen) atoms. The van der Waals surface area contributed by atoms with Gasteiger partial charge in [-0.2, -0.15) is 13.9 Å². The highest BCUT2D eigenvalue weighted by molar-refractivity contribution is 5.95. The SMILES string of the molecule is CN(C(=O)c1[nH]nc2c1CN(C(=O)C1Cc3ccccc3N1)CC2)C1(COC(F)F)CC1. The molecule has 1 fully saturated rings. The summed E-state index contributed by atoms with van der Waals surface area (Å²) in [6.45, 7) is -2.26. The Labute approximate surface area is 183 Å². The maximum atomic E-state index is 13.2. The number of hydrogen-bond acceptors (Lipinski definition) is 5. The molecule has 2 aliphatic heterocycles. The van der Waals surface area contributed by atoms with Crippen LogP contribution in [-0.2, 0) is 28.9 Å². The van der Waals surface area contributed by atoms with E-state index in [1.165, 1.54) is 4.90 Å². The third kappa shape index (κ3) is 3.62. The zero-order valence-corrected chi connectivity index (χ0v) is 17.7. The number of benzene rings is 1. The number of aromatic nitrogens is 2. The van der Waals surface area contributed by atoms with Crippen molar-refractivity contribution in [2.75, 3.05) is 25.5 Å². The maximum absolute atomic E-state index is 13.2. The van der Waals surface area contributed by atoms with Crippen LogP contribution in [0.5, 0.6) is 0 Å². The molecular formula is C22H25F2N5O3. The lowest BCUT2D eigenvalue weighted by Gasteiger charge is -2.31. The molecule has 0 radical (unpaired) electrons. The number of nitrogens with one attached hydrogen (secondary N) is 2. The number of hydrogen-bond donors (Lipinski definition) is 2. The number of H-pyrrole nitrogens is 1. The number of alkyl halides is 2. The average molecular weight is 445 g/mol. The summed E-state index contributed by atoms with van der Waals surface area (Å²) < 4.78 is 29.5. The predicted molar refractivity (Wildman–Crippen MR) is 111 cm³/mol. The van der Waals surface area contributed by atoms with Gasteiger partial charge in [0.05, 0.1) is 17.8 Å². The van der Waals surface area contributed by atoms with Crippen LogP contribution in [0.15, 0.2) is 24.3 Å². The van der Waals surface area contributed by atoms with Crippen LogP contribution in [-0.4, -0.2) is 70.2 Å². The number of nitrogens with zero attached hydrogens (tertiary/aromatic N) is 3. The molecule has 2 amide bonds. The first kappa shape index (κ1) is 20.9. The van der Waals surface area contributed by atoms with E-state index in [1.807, 2.05) is 24.3 Å². The van der Waals surface area contributed by atoms with Gasteiger partial charge in [0.25, 0.3) is 5.91 Å². The second kappa shape index (κ2) is 7.84. The number of ether oxygens (including phenoxy) is 1. The normalized spacial score (nSPS) is 20.5. The van der Waals surface area contributed by atoms with Crippen molar-refractivity contribution in [3.05, 3.63) is 46.8 Å². The third-order valence-corrected chi connectivity index (χ3v) is 6.84. The van der Waals surface area contributed by atoms with Gasteiger partial charge in [-0.1, -0.05) is 18.2 Å². The maximum Gasteiger partial charge on any atom is 0.345 e. The number of para-hydroxylation sites is 1. The van der Waals surface area contributed by atoms with Gasteiger partial charge in [0.1, 0.15) is 11.7 Å². The molecule has 5 rings (SSSR count). The van der Waals surface area contributed by atoms with Crippen molar-refractivity contribution in [1.82, 2.24) is 20.0 Å². The van der Waals surface area contributed by atoms with Crippen LogP contribution >= 0.6 is 0 Å². The summed E-state index contributed by atoms with van der Waals surface area (Å²) in [6, 6.07) is 7.54. The van der Waals surface area contributed by atoms with Gasteiger partial charge < -0.3 is 19.9 Å². The summed E-state index contributed by atoms with van der Waals surface area (Å²) in [7, 11) is 1.60. The molecule has 170 valence electrons. The Kier molecular flexibility index (Phi) is 5.11. The fourth-order valence-corrected chi connectivity index (χ4v) is 4.64. The van der Waals surface area contributed by atoms with Crippen molar-refractivity contribution in [3.8, 4) is 0 Å². The first-order valence-corrected chi connectivity index (χ1v) is 10.8. The van der Waals surface area contributed by atoms with Gasteiger partial charge in [-0.15, -0.1) is 0 Å². The largest absolute Gasteiger partial charge is 0.373 e. The number of amides is 2. The molecule has 1 unspecified atom stereocenters. The number of anilines is 1. The number of carbonyl (C=O) groups excluding carboxylic acids is 2. The monoisotopic (exact) mass is 445 g/mol. The Morgan fingerprint density at radius 1 is 1.34 bits per heavy atom. The number of likely N-dealkylation sites (N-methyl/N-ethyl adjacent to an activating group) is 1. The van der Waals surface area contributed by atoms with Gasteiger partial charge in [0.15, 0.2) is 0 Å². The van der Waals surface area contributed by atoms with E-state index in [-0.39, 0.29) is 31.0 Å². The standard InChI is InChI=1S/C22H25F2N5O3/c1-28(22(7-8-22)12-32-21(23)24)20(31)18-14-11-29(9-6-16(14)26-27-18)19(30)17-10-13-4-2-3-5-15(13)25-17/h2-5,17,21,25H,6-12H2,1H3,(H,26,27). The number of rotatable bonds is 6. The van der Waals surface area contributed by atoms with Crippen LogP contribution in [0.4, 0.5) is 14.5 Å². The van der Waals surface area contributed by atoms with Crippen molar-refractivity contribution in [2.24, 2.45) is 0 Å². The molecule has 3 heterocycles. The first-order chi connectivity index (χ1) is 15.4. The van der Waals surface area contributed by atoms with Crippen molar-refractivity contribution in [1.29, 1.82) is 0 Å². The number of halogens is 2. The van der Waals surface area contributed by atoms with Gasteiger partial charge in [0, 0.05) is 44.2 Å². The summed E-state index contributed by atoms with van der Waals surface area (Å²) in [6.07, 6.45) is 2.40. The molecule has 1 aromatic carbocycles. The second-order valence-electron chi connectivity index (χ2n) is 8.75. The predicted octanol–water partition coefficient (Wildman–Crippen LogP) is 2.17. The molecule has 0 bridgehead atoms. The van der Waals surface area contributed by atoms with Crippen LogP contribution < -0.4 is 5.32 Å². The fraction of sp³-hybridized carbons (Fsp3) is 0.500. The lowest BCUT2D eigenvalue weighted by atomic mass is 10.0. The molecule has 2 aromatic rings. The molecule has 1 saturated carbocycles. The van der Waals surface area contributed by atoms with Gasteiger partial charge >= 0.3 is 6.61 Å². The zero-order chi connectivity index (χ0) is 22.5.